The van der Waals surface area contributed by atoms with Crippen LogP contribution in [0.4, 0.5) is 0 Å². The highest BCUT2D eigenvalue weighted by molar-refractivity contribution is 5.73. The number of rotatable bonds is 7. The zero-order chi connectivity index (χ0) is 39.0. The van der Waals surface area contributed by atoms with Crippen molar-refractivity contribution >= 4 is 5.97 Å². The van der Waals surface area contributed by atoms with Gasteiger partial charge in [0.15, 0.2) is 12.6 Å². The number of hydrogen-bond acceptors (Lipinski definition) is 14. The molecule has 7 N–H and O–H groups in total. The number of carbonyl (C=O) groups excluding carboxylic acids is 1. The van der Waals surface area contributed by atoms with Gasteiger partial charge in [0.05, 0.1) is 47.6 Å². The van der Waals surface area contributed by atoms with E-state index >= 15 is 0 Å². The predicted molar refractivity (Wildman–Crippen MR) is 189 cm³/mol. The molecule has 3 heterocycles. The molecule has 51 heavy (non-hydrogen) atoms. The molecule has 19 atom stereocenters. The first-order chi connectivity index (χ1) is 23.4. The molecule has 3 rings (SSSR count). The fourth-order valence-electron chi connectivity index (χ4n) is 8.63. The van der Waals surface area contributed by atoms with E-state index in [0.29, 0.717) is 6.42 Å². The highest BCUT2D eigenvalue weighted by Gasteiger charge is 2.53. The van der Waals surface area contributed by atoms with Crippen molar-refractivity contribution in [1.29, 1.82) is 0 Å². The zero-order valence-electron chi connectivity index (χ0n) is 33.2. The van der Waals surface area contributed by atoms with Gasteiger partial charge >= 0.3 is 5.97 Å². The summed E-state index contributed by atoms with van der Waals surface area (Å²) in [6, 6.07) is -0.983. The van der Waals surface area contributed by atoms with Crippen molar-refractivity contribution in [2.75, 3.05) is 21.2 Å². The minimum absolute atomic E-state index is 0.0888. The van der Waals surface area contributed by atoms with Crippen molar-refractivity contribution in [2.45, 2.75) is 185 Å². The first-order valence-corrected chi connectivity index (χ1v) is 18.7. The molecule has 0 radical (unpaired) electrons. The van der Waals surface area contributed by atoms with Crippen LogP contribution < -0.4 is 5.73 Å². The van der Waals surface area contributed by atoms with Crippen LogP contribution in [-0.2, 0) is 33.2 Å². The number of likely N-dealkylation sites (N-methyl/N-ethyl adjacent to an activating group) is 1. The molecule has 0 aliphatic carbocycles. The van der Waals surface area contributed by atoms with Gasteiger partial charge in [-0.2, -0.15) is 0 Å². The number of methoxy groups -OCH3 is 1. The molecule has 3 fully saturated rings. The maximum atomic E-state index is 14.1. The molecule has 0 aromatic heterocycles. The van der Waals surface area contributed by atoms with Crippen molar-refractivity contribution in [1.82, 2.24) is 4.90 Å². The van der Waals surface area contributed by atoms with Gasteiger partial charge < -0.3 is 64.6 Å². The maximum Gasteiger partial charge on any atom is 0.311 e. The first-order valence-electron chi connectivity index (χ1n) is 18.7. The zero-order valence-corrected chi connectivity index (χ0v) is 33.2. The minimum atomic E-state index is -1.85. The summed E-state index contributed by atoms with van der Waals surface area (Å²) in [5.74, 6) is -3.57. The Balaban J connectivity index is 2.18. The Kier molecular flexibility index (Phi) is 15.0. The smallest absolute Gasteiger partial charge is 0.311 e. The van der Waals surface area contributed by atoms with E-state index in [1.165, 1.54) is 14.0 Å². The standard InChI is InChI=1S/C37H70N2O12/c1-14-25-37(10,45)30(41)20(4)27(38)18(2)16-35(8,44)32(51-34-28(40)24(39(11)12)15-19(3)47-34)21(5)29(22(6)33(43)49-25)50-26-17-36(9,46-13)31(42)23(7)48-26/h18-32,34,40-42,44-45H,14-17,38H2,1-13H3/t18-,19-,20+,21+,22-,23+,24+,25-,26+,27+,28-,29?,30-,31+,32-,34+,35-,36-,37-/m0/s1. The molecule has 0 spiro atoms. The fraction of sp³-hybridized carbons (Fsp3) is 0.973. The van der Waals surface area contributed by atoms with Crippen molar-refractivity contribution in [2.24, 2.45) is 29.4 Å². The summed E-state index contributed by atoms with van der Waals surface area (Å²) in [5, 5.41) is 58.0. The molecule has 3 aliphatic rings. The van der Waals surface area contributed by atoms with Crippen LogP contribution in [0.5, 0.6) is 0 Å². The van der Waals surface area contributed by atoms with E-state index in [4.69, 9.17) is 34.2 Å². The molecule has 0 bridgehead atoms. The van der Waals surface area contributed by atoms with Crippen LogP contribution in [0.2, 0.25) is 0 Å². The summed E-state index contributed by atoms with van der Waals surface area (Å²) in [7, 11) is 5.24. The molecular formula is C37H70N2O12. The molecular weight excluding hydrogens is 664 g/mol. The van der Waals surface area contributed by atoms with E-state index in [2.05, 4.69) is 0 Å². The Labute approximate surface area is 305 Å². The maximum absolute atomic E-state index is 14.1. The van der Waals surface area contributed by atoms with Crippen LogP contribution in [0.15, 0.2) is 0 Å². The second-order valence-corrected chi connectivity index (χ2v) is 16.8. The molecule has 14 heteroatoms. The van der Waals surface area contributed by atoms with Gasteiger partial charge in [0.1, 0.15) is 23.9 Å². The molecule has 300 valence electrons. The van der Waals surface area contributed by atoms with Crippen LogP contribution >= 0.6 is 0 Å². The van der Waals surface area contributed by atoms with E-state index in [0.717, 1.165) is 0 Å². The van der Waals surface area contributed by atoms with E-state index in [-0.39, 0.29) is 31.4 Å². The van der Waals surface area contributed by atoms with Gasteiger partial charge in [-0.3, -0.25) is 4.79 Å². The van der Waals surface area contributed by atoms with E-state index < -0.39 is 108 Å². The second-order valence-electron chi connectivity index (χ2n) is 16.8. The fourth-order valence-corrected chi connectivity index (χ4v) is 8.63. The summed E-state index contributed by atoms with van der Waals surface area (Å²) < 4.78 is 37.3. The number of nitrogens with zero attached hydrogens (tertiary/aromatic N) is 1. The second kappa shape index (κ2) is 17.2. The van der Waals surface area contributed by atoms with Gasteiger partial charge in [-0.1, -0.05) is 27.7 Å². The Bertz CT molecular complexity index is 1130. The van der Waals surface area contributed by atoms with Crippen LogP contribution in [0.3, 0.4) is 0 Å². The number of nitrogens with two attached hydrogens (primary N) is 1. The number of carbonyl (C=O) groups is 1. The lowest BCUT2D eigenvalue weighted by atomic mass is 9.72. The van der Waals surface area contributed by atoms with Crippen molar-refractivity contribution in [3.8, 4) is 0 Å². The van der Waals surface area contributed by atoms with E-state index in [1.54, 1.807) is 48.5 Å². The highest BCUT2D eigenvalue weighted by atomic mass is 16.7. The SMILES string of the molecule is CC[C@@H]1OC(=O)[C@@H](C)C(O[C@@H]2C[C@](C)(OC)[C@H](O)[C@@H](C)O2)[C@@H](C)[C@H](O[C@H]2O[C@@H](C)C[C@@H](N(C)C)[C@@H]2O)[C@@](C)(O)C[C@H](C)[C@@H](N)[C@@H](C)[C@H](O)[C@@]1(C)O. The van der Waals surface area contributed by atoms with Crippen molar-refractivity contribution < 1.29 is 58.7 Å². The van der Waals surface area contributed by atoms with Crippen molar-refractivity contribution in [3.05, 3.63) is 0 Å². The van der Waals surface area contributed by atoms with Crippen LogP contribution in [0, 0.1) is 23.7 Å². The molecule has 1 unspecified atom stereocenters. The van der Waals surface area contributed by atoms with E-state index in [1.807, 2.05) is 32.8 Å². The van der Waals surface area contributed by atoms with Crippen molar-refractivity contribution in [3.63, 3.8) is 0 Å². The Morgan fingerprint density at radius 1 is 0.922 bits per heavy atom. The number of ether oxygens (including phenoxy) is 6. The summed E-state index contributed by atoms with van der Waals surface area (Å²) in [4.78, 5) is 16.0. The van der Waals surface area contributed by atoms with Gasteiger partial charge in [0, 0.05) is 37.5 Å². The number of cyclic esters (lactones) is 1. The third kappa shape index (κ3) is 9.63. The summed E-state index contributed by atoms with van der Waals surface area (Å²) >= 11 is 0. The average Bonchev–Trinajstić information content (AvgIpc) is 3.05. The molecule has 0 amide bonds. The quantitative estimate of drug-likeness (QED) is 0.206. The Morgan fingerprint density at radius 3 is 2.08 bits per heavy atom. The summed E-state index contributed by atoms with van der Waals surface area (Å²) in [6.45, 7) is 17.2. The molecule has 0 aromatic carbocycles. The van der Waals surface area contributed by atoms with E-state index in [9.17, 15) is 30.3 Å². The lowest BCUT2D eigenvalue weighted by Crippen LogP contribution is -2.62. The Morgan fingerprint density at radius 2 is 1.53 bits per heavy atom. The van der Waals surface area contributed by atoms with Crippen LogP contribution in [-0.4, -0.2) is 148 Å². The van der Waals surface area contributed by atoms with Crippen LogP contribution in [0.25, 0.3) is 0 Å². The van der Waals surface area contributed by atoms with Gasteiger partial charge in [0.25, 0.3) is 0 Å². The topological polar surface area (TPSA) is 203 Å². The monoisotopic (exact) mass is 734 g/mol. The number of aliphatic hydroxyl groups is 5. The van der Waals surface area contributed by atoms with Crippen LogP contribution in [0.1, 0.15) is 94.9 Å². The molecule has 0 aromatic rings. The number of aliphatic hydroxyl groups excluding tert-OH is 3. The predicted octanol–water partition coefficient (Wildman–Crippen LogP) is 1.54. The van der Waals surface area contributed by atoms with Gasteiger partial charge in [-0.25, -0.2) is 0 Å². The van der Waals surface area contributed by atoms with Gasteiger partial charge in [0.2, 0.25) is 0 Å². The third-order valence-corrected chi connectivity index (χ3v) is 12.2. The Hall–Kier alpha value is -1.01. The first kappa shape index (κ1) is 44.4. The van der Waals surface area contributed by atoms with Gasteiger partial charge in [-0.15, -0.1) is 0 Å². The third-order valence-electron chi connectivity index (χ3n) is 12.2. The largest absolute Gasteiger partial charge is 0.459 e. The minimum Gasteiger partial charge on any atom is -0.459 e. The number of esters is 1. The lowest BCUT2D eigenvalue weighted by molar-refractivity contribution is -0.318. The van der Waals surface area contributed by atoms with Gasteiger partial charge in [-0.05, 0) is 80.8 Å². The number of hydrogen-bond donors (Lipinski definition) is 6. The summed E-state index contributed by atoms with van der Waals surface area (Å²) in [5.41, 5.74) is 2.20. The normalized spacial score (nSPS) is 51.2. The lowest BCUT2D eigenvalue weighted by Gasteiger charge is -2.49. The average molecular weight is 735 g/mol. The molecule has 3 saturated heterocycles. The molecule has 0 saturated carbocycles. The summed E-state index contributed by atoms with van der Waals surface area (Å²) in [6.07, 6.45) is -8.68. The molecule has 3 aliphatic heterocycles. The molecule has 14 nitrogen and oxygen atoms in total. The highest BCUT2D eigenvalue weighted by Crippen LogP contribution is 2.41.